The molecule has 0 bridgehead atoms. The topological polar surface area (TPSA) is 38.5 Å². The second-order valence-corrected chi connectivity index (χ2v) is 5.93. The summed E-state index contributed by atoms with van der Waals surface area (Å²) in [5.74, 6) is 0. The van der Waals surface area contributed by atoms with Crippen molar-refractivity contribution in [2.24, 2.45) is 5.73 Å². The Balaban J connectivity index is 2.13. The molecule has 3 nitrogen and oxygen atoms in total. The zero-order valence-corrected chi connectivity index (χ0v) is 13.0. The number of hydrogen-bond donors (Lipinski definition) is 1. The molecule has 1 saturated heterocycles. The van der Waals surface area contributed by atoms with Crippen LogP contribution in [0.15, 0.2) is 24.3 Å². The second kappa shape index (κ2) is 7.21. The smallest absolute Gasteiger partial charge is 0.0702 e. The van der Waals surface area contributed by atoms with Crippen LogP contribution >= 0.6 is 0 Å². The Bertz CT molecular complexity index is 400. The maximum absolute atomic E-state index is 6.27. The zero-order chi connectivity index (χ0) is 14.5. The molecule has 1 aromatic carbocycles. The van der Waals surface area contributed by atoms with Gasteiger partial charge in [-0.1, -0.05) is 29.8 Å². The molecule has 3 unspecified atom stereocenters. The van der Waals surface area contributed by atoms with Gasteiger partial charge in [0, 0.05) is 25.2 Å². The molecule has 1 heterocycles. The molecular formula is C17H28N2O. The number of hydrogen-bond acceptors (Lipinski definition) is 3. The quantitative estimate of drug-likeness (QED) is 0.898. The first kappa shape index (κ1) is 15.5. The maximum Gasteiger partial charge on any atom is 0.0702 e. The molecule has 3 heteroatoms. The van der Waals surface area contributed by atoms with Gasteiger partial charge in [0.1, 0.15) is 0 Å². The highest BCUT2D eigenvalue weighted by Crippen LogP contribution is 2.28. The molecule has 1 aromatic rings. The lowest BCUT2D eigenvalue weighted by Crippen LogP contribution is -2.46. The summed E-state index contributed by atoms with van der Waals surface area (Å²) >= 11 is 0. The summed E-state index contributed by atoms with van der Waals surface area (Å²) in [5, 5.41) is 0. The van der Waals surface area contributed by atoms with Crippen LogP contribution in [0, 0.1) is 6.92 Å². The van der Waals surface area contributed by atoms with E-state index < -0.39 is 0 Å². The highest BCUT2D eigenvalue weighted by Gasteiger charge is 2.29. The monoisotopic (exact) mass is 276 g/mol. The Morgan fingerprint density at radius 3 is 2.65 bits per heavy atom. The highest BCUT2D eigenvalue weighted by molar-refractivity contribution is 5.25. The van der Waals surface area contributed by atoms with Crippen molar-refractivity contribution in [3.63, 3.8) is 0 Å². The number of nitrogens with two attached hydrogens (primary N) is 1. The summed E-state index contributed by atoms with van der Waals surface area (Å²) in [6, 6.07) is 9.20. The molecule has 0 radical (unpaired) electrons. The summed E-state index contributed by atoms with van der Waals surface area (Å²) in [6.45, 7) is 9.21. The average molecular weight is 276 g/mol. The molecule has 0 saturated carbocycles. The van der Waals surface area contributed by atoms with Crippen LogP contribution in [0.2, 0.25) is 0 Å². The van der Waals surface area contributed by atoms with Gasteiger partial charge in [-0.05, 0) is 45.7 Å². The fourth-order valence-electron chi connectivity index (χ4n) is 3.20. The molecule has 1 fully saturated rings. The van der Waals surface area contributed by atoms with E-state index in [0.29, 0.717) is 12.1 Å². The number of piperidine rings is 1. The molecule has 1 aliphatic heterocycles. The fraction of sp³-hybridized carbons (Fsp3) is 0.647. The number of rotatable bonds is 5. The lowest BCUT2D eigenvalue weighted by molar-refractivity contribution is -0.0106. The third kappa shape index (κ3) is 3.81. The lowest BCUT2D eigenvalue weighted by atomic mass is 9.95. The van der Waals surface area contributed by atoms with E-state index in [0.717, 1.165) is 19.7 Å². The van der Waals surface area contributed by atoms with E-state index in [1.807, 2.05) is 0 Å². The minimum Gasteiger partial charge on any atom is -0.377 e. The molecular weight excluding hydrogens is 248 g/mol. The number of aryl methyl sites for hydroxylation is 1. The predicted octanol–water partition coefficient (Wildman–Crippen LogP) is 2.88. The Hall–Kier alpha value is -0.900. The summed E-state index contributed by atoms with van der Waals surface area (Å²) in [5.41, 5.74) is 8.89. The van der Waals surface area contributed by atoms with E-state index >= 15 is 0 Å². The van der Waals surface area contributed by atoms with Gasteiger partial charge >= 0.3 is 0 Å². The van der Waals surface area contributed by atoms with Crippen molar-refractivity contribution in [1.82, 2.24) is 4.90 Å². The Labute approximate surface area is 123 Å². The van der Waals surface area contributed by atoms with E-state index in [2.05, 4.69) is 49.9 Å². The Kier molecular flexibility index (Phi) is 5.58. The van der Waals surface area contributed by atoms with Gasteiger partial charge in [-0.25, -0.2) is 0 Å². The van der Waals surface area contributed by atoms with Crippen LogP contribution in [0.3, 0.4) is 0 Å². The van der Waals surface area contributed by atoms with Crippen LogP contribution in [0.5, 0.6) is 0 Å². The first-order valence-corrected chi connectivity index (χ1v) is 7.79. The molecule has 2 rings (SSSR count). The van der Waals surface area contributed by atoms with Crippen LogP contribution in [0.1, 0.15) is 43.9 Å². The van der Waals surface area contributed by atoms with Crippen LogP contribution < -0.4 is 5.73 Å². The lowest BCUT2D eigenvalue weighted by Gasteiger charge is -2.40. The summed E-state index contributed by atoms with van der Waals surface area (Å²) in [6.07, 6.45) is 2.73. The first-order chi connectivity index (χ1) is 9.61. The third-order valence-corrected chi connectivity index (χ3v) is 4.12. The van der Waals surface area contributed by atoms with Crippen LogP contribution in [0.25, 0.3) is 0 Å². The first-order valence-electron chi connectivity index (χ1n) is 7.79. The standard InChI is InChI=1S/C17H28N2O/c1-4-20-16-6-5-11-19(12-16)17(14(3)18)15-9-7-13(2)8-10-15/h7-10,14,16-17H,4-6,11-12,18H2,1-3H3. The number of nitrogens with zero attached hydrogens (tertiary/aromatic N) is 1. The summed E-state index contributed by atoms with van der Waals surface area (Å²) < 4.78 is 5.82. The zero-order valence-electron chi connectivity index (χ0n) is 13.0. The van der Waals surface area contributed by atoms with Crippen molar-refractivity contribution in [2.45, 2.75) is 51.8 Å². The van der Waals surface area contributed by atoms with E-state index in [9.17, 15) is 0 Å². The molecule has 0 amide bonds. The van der Waals surface area contributed by atoms with Gasteiger partial charge in [0.15, 0.2) is 0 Å². The van der Waals surface area contributed by atoms with E-state index in [1.54, 1.807) is 0 Å². The van der Waals surface area contributed by atoms with Crippen molar-refractivity contribution >= 4 is 0 Å². The van der Waals surface area contributed by atoms with Gasteiger partial charge in [-0.15, -0.1) is 0 Å². The van der Waals surface area contributed by atoms with Gasteiger partial charge in [0.25, 0.3) is 0 Å². The number of likely N-dealkylation sites (tertiary alicyclic amines) is 1. The van der Waals surface area contributed by atoms with Gasteiger partial charge in [-0.3, -0.25) is 4.90 Å². The molecule has 0 aromatic heterocycles. The fourth-order valence-corrected chi connectivity index (χ4v) is 3.20. The molecule has 2 N–H and O–H groups in total. The van der Waals surface area contributed by atoms with Crippen LogP contribution in [-0.4, -0.2) is 36.7 Å². The second-order valence-electron chi connectivity index (χ2n) is 5.93. The highest BCUT2D eigenvalue weighted by atomic mass is 16.5. The molecule has 1 aliphatic rings. The predicted molar refractivity (Wildman–Crippen MR) is 83.8 cm³/mol. The van der Waals surface area contributed by atoms with Crippen molar-refractivity contribution in [3.05, 3.63) is 35.4 Å². The molecule has 0 aliphatic carbocycles. The van der Waals surface area contributed by atoms with Gasteiger partial charge in [0.05, 0.1) is 6.10 Å². The minimum atomic E-state index is 0.123. The van der Waals surface area contributed by atoms with Gasteiger partial charge in [0.2, 0.25) is 0 Å². The normalized spacial score (nSPS) is 23.5. The molecule has 20 heavy (non-hydrogen) atoms. The average Bonchev–Trinajstić information content (AvgIpc) is 2.42. The van der Waals surface area contributed by atoms with Crippen LogP contribution in [-0.2, 0) is 4.74 Å². The summed E-state index contributed by atoms with van der Waals surface area (Å²) in [4.78, 5) is 2.50. The Morgan fingerprint density at radius 1 is 1.35 bits per heavy atom. The third-order valence-electron chi connectivity index (χ3n) is 4.12. The molecule has 0 spiro atoms. The largest absolute Gasteiger partial charge is 0.377 e. The number of ether oxygens (including phenoxy) is 1. The number of benzene rings is 1. The van der Waals surface area contributed by atoms with Gasteiger partial charge in [-0.2, -0.15) is 0 Å². The van der Waals surface area contributed by atoms with Gasteiger partial charge < -0.3 is 10.5 Å². The van der Waals surface area contributed by atoms with Crippen molar-refractivity contribution in [2.75, 3.05) is 19.7 Å². The van der Waals surface area contributed by atoms with E-state index in [-0.39, 0.29) is 6.04 Å². The van der Waals surface area contributed by atoms with Crippen molar-refractivity contribution in [3.8, 4) is 0 Å². The van der Waals surface area contributed by atoms with E-state index in [4.69, 9.17) is 10.5 Å². The SMILES string of the molecule is CCOC1CCCN(C(c2ccc(C)cc2)C(C)N)C1. The molecule has 3 atom stereocenters. The Morgan fingerprint density at radius 2 is 2.05 bits per heavy atom. The minimum absolute atomic E-state index is 0.123. The van der Waals surface area contributed by atoms with Crippen molar-refractivity contribution in [1.29, 1.82) is 0 Å². The summed E-state index contributed by atoms with van der Waals surface area (Å²) in [7, 11) is 0. The van der Waals surface area contributed by atoms with Crippen molar-refractivity contribution < 1.29 is 4.74 Å². The van der Waals surface area contributed by atoms with E-state index in [1.165, 1.54) is 24.0 Å². The van der Waals surface area contributed by atoms with Crippen LogP contribution in [0.4, 0.5) is 0 Å². The molecule has 112 valence electrons. The maximum atomic E-state index is 6.27.